The van der Waals surface area contributed by atoms with E-state index in [0.29, 0.717) is 0 Å². The van der Waals surface area contributed by atoms with E-state index in [9.17, 15) is 4.79 Å². The molecule has 0 atom stereocenters. The third-order valence-corrected chi connectivity index (χ3v) is 9.71. The molecule has 1 N–H and O–H groups in total. The molecule has 0 heterocycles. The summed E-state index contributed by atoms with van der Waals surface area (Å²) in [4.78, 5) is 10.7. The normalized spacial score (nSPS) is 14.7. The number of carboxylic acids is 1. The van der Waals surface area contributed by atoms with E-state index in [4.69, 9.17) is 5.11 Å². The van der Waals surface area contributed by atoms with Gasteiger partial charge in [-0.25, -0.2) is 4.79 Å². The van der Waals surface area contributed by atoms with E-state index in [1.165, 1.54) is 88.3 Å². The van der Waals surface area contributed by atoms with Gasteiger partial charge in [-0.3, -0.25) is 0 Å². The summed E-state index contributed by atoms with van der Waals surface area (Å²) >= 11 is 0. The van der Waals surface area contributed by atoms with Crippen LogP contribution in [-0.4, -0.2) is 11.1 Å². The van der Waals surface area contributed by atoms with Crippen molar-refractivity contribution < 1.29 is 9.90 Å². The monoisotopic (exact) mass is 713 g/mol. The highest BCUT2D eigenvalue weighted by molar-refractivity contribution is 5.80. The van der Waals surface area contributed by atoms with Gasteiger partial charge in [0.05, 0.1) is 0 Å². The molecule has 0 aromatic heterocycles. The highest BCUT2D eigenvalue weighted by Crippen LogP contribution is 2.18. The zero-order valence-electron chi connectivity index (χ0n) is 35.9. The Kier molecular flexibility index (Phi) is 29.5. The number of hydrogen-bond acceptors (Lipinski definition) is 1. The van der Waals surface area contributed by atoms with Gasteiger partial charge >= 0.3 is 5.97 Å². The first-order valence-corrected chi connectivity index (χ1v) is 20.5. The van der Waals surface area contributed by atoms with Gasteiger partial charge in [0.1, 0.15) is 0 Å². The number of hydrogen-bond donors (Lipinski definition) is 1. The lowest BCUT2D eigenvalue weighted by molar-refractivity contribution is -0.131. The Morgan fingerprint density at radius 2 is 0.481 bits per heavy atom. The average molecular weight is 713 g/mol. The molecule has 0 aliphatic carbocycles. The molecule has 52 heavy (non-hydrogen) atoms. The molecule has 0 saturated heterocycles. The van der Waals surface area contributed by atoms with Crippen LogP contribution in [0.2, 0.25) is 0 Å². The maximum absolute atomic E-state index is 10.7. The minimum absolute atomic E-state index is 0.810. The summed E-state index contributed by atoms with van der Waals surface area (Å²) in [5.74, 6) is -0.856. The minimum atomic E-state index is -0.856. The predicted molar refractivity (Wildman–Crippen MR) is 234 cm³/mol. The first kappa shape index (κ1) is 48.9. The zero-order valence-corrected chi connectivity index (χ0v) is 35.9. The van der Waals surface area contributed by atoms with Crippen molar-refractivity contribution in [2.45, 2.75) is 192 Å². The lowest BCUT2D eigenvalue weighted by Crippen LogP contribution is -1.89. The molecule has 2 nitrogen and oxygen atoms in total. The molecule has 292 valence electrons. The van der Waals surface area contributed by atoms with Gasteiger partial charge in [0, 0.05) is 6.08 Å². The summed E-state index contributed by atoms with van der Waals surface area (Å²) in [5.41, 5.74) is 14.3. The fourth-order valence-electron chi connectivity index (χ4n) is 6.06. The van der Waals surface area contributed by atoms with Crippen LogP contribution < -0.4 is 0 Å². The number of allylic oxidation sites excluding steroid dienone is 19. The highest BCUT2D eigenvalue weighted by Gasteiger charge is 1.98. The Balaban J connectivity index is 4.25. The average Bonchev–Trinajstić information content (AvgIpc) is 3.04. The Bertz CT molecular complexity index is 1340. The molecule has 0 spiro atoms. The van der Waals surface area contributed by atoms with Gasteiger partial charge < -0.3 is 5.11 Å². The van der Waals surface area contributed by atoms with Crippen LogP contribution in [-0.2, 0) is 4.79 Å². The quantitative estimate of drug-likeness (QED) is 0.0648. The molecule has 0 saturated carbocycles. The molecule has 0 bridgehead atoms. The fourth-order valence-corrected chi connectivity index (χ4v) is 6.06. The molecule has 0 aliphatic rings. The van der Waals surface area contributed by atoms with Gasteiger partial charge in [-0.1, -0.05) is 110 Å². The highest BCUT2D eigenvalue weighted by atomic mass is 16.4. The minimum Gasteiger partial charge on any atom is -0.478 e. The predicted octanol–water partition coefficient (Wildman–Crippen LogP) is 16.6. The van der Waals surface area contributed by atoms with Crippen molar-refractivity contribution in [1.29, 1.82) is 0 Å². The molecule has 0 unspecified atom stereocenters. The summed E-state index contributed by atoms with van der Waals surface area (Å²) < 4.78 is 0. The summed E-state index contributed by atoms with van der Waals surface area (Å²) in [5, 5.41) is 8.82. The van der Waals surface area contributed by atoms with E-state index in [2.05, 4.69) is 124 Å². The molecule has 0 rings (SSSR count). The van der Waals surface area contributed by atoms with Crippen LogP contribution in [0, 0.1) is 0 Å². The van der Waals surface area contributed by atoms with Crippen molar-refractivity contribution in [2.75, 3.05) is 0 Å². The van der Waals surface area contributed by atoms with Gasteiger partial charge in [0.15, 0.2) is 0 Å². The Labute approximate surface area is 323 Å². The number of carbonyl (C=O) groups is 1. The molecule has 2 heteroatoms. The maximum Gasteiger partial charge on any atom is 0.328 e. The largest absolute Gasteiger partial charge is 0.478 e. The van der Waals surface area contributed by atoms with Gasteiger partial charge in [-0.05, 0) is 192 Å². The second-order valence-corrected chi connectivity index (χ2v) is 15.9. The molecular formula is C50H80O2. The molecule has 0 aromatic carbocycles. The van der Waals surface area contributed by atoms with Gasteiger partial charge in [-0.15, -0.1) is 0 Å². The number of carboxylic acid groups (broad SMARTS) is 1. The van der Waals surface area contributed by atoms with Crippen molar-refractivity contribution in [3.8, 4) is 0 Å². The fraction of sp³-hybridized carbons (Fsp3) is 0.580. The van der Waals surface area contributed by atoms with Gasteiger partial charge in [-0.2, -0.15) is 0 Å². The van der Waals surface area contributed by atoms with E-state index < -0.39 is 5.97 Å². The smallest absolute Gasteiger partial charge is 0.328 e. The maximum atomic E-state index is 10.7. The van der Waals surface area contributed by atoms with Crippen LogP contribution in [0.15, 0.2) is 116 Å². The van der Waals surface area contributed by atoms with Crippen LogP contribution in [0.4, 0.5) is 0 Å². The van der Waals surface area contributed by atoms with Crippen molar-refractivity contribution in [1.82, 2.24) is 0 Å². The van der Waals surface area contributed by atoms with E-state index in [-0.39, 0.29) is 0 Å². The van der Waals surface area contributed by atoms with Crippen molar-refractivity contribution >= 4 is 5.97 Å². The Hall–Kier alpha value is -3.13. The van der Waals surface area contributed by atoms with Crippen molar-refractivity contribution in [3.63, 3.8) is 0 Å². The second kappa shape index (κ2) is 31.4. The molecule has 0 amide bonds. The van der Waals surface area contributed by atoms with Crippen LogP contribution in [0.3, 0.4) is 0 Å². The number of rotatable bonds is 28. The summed E-state index contributed by atoms with van der Waals surface area (Å²) in [6.45, 7) is 24.4. The molecular weight excluding hydrogens is 633 g/mol. The van der Waals surface area contributed by atoms with Gasteiger partial charge in [0.25, 0.3) is 0 Å². The van der Waals surface area contributed by atoms with Crippen molar-refractivity contribution in [2.24, 2.45) is 0 Å². The molecule has 0 aliphatic heterocycles. The summed E-state index contributed by atoms with van der Waals surface area (Å²) in [7, 11) is 0. The standard InChI is InChI=1S/C50H80O2/c1-40(2)21-12-22-41(3)23-13-24-42(4)25-14-26-43(5)27-15-28-44(6)29-16-30-45(7)31-17-32-46(8)33-18-34-47(9)35-19-36-48(10)37-20-38-49(11)39-50(51)52/h21,23,25,27,29,31,33,35,37,39H,12-20,22,24,26,28,30,32,34,36,38H2,1-11H3,(H,51,52). The zero-order chi connectivity index (χ0) is 39.1. The molecule has 0 radical (unpaired) electrons. The van der Waals surface area contributed by atoms with Crippen LogP contribution >= 0.6 is 0 Å². The summed E-state index contributed by atoms with van der Waals surface area (Å²) in [6.07, 6.45) is 43.0. The second-order valence-electron chi connectivity index (χ2n) is 15.9. The lowest BCUT2D eigenvalue weighted by atomic mass is 10.0. The van der Waals surface area contributed by atoms with E-state index >= 15 is 0 Å². The van der Waals surface area contributed by atoms with Crippen LogP contribution in [0.5, 0.6) is 0 Å². The third kappa shape index (κ3) is 32.8. The SMILES string of the molecule is CC(C)=CCCC(C)=CCCC(C)=CCCC(C)=CCCC(C)=CCCC(C)=CCCC(C)=CCCC(C)=CCCC(C)=CCCC(C)=CC(=O)O. The Morgan fingerprint density at radius 1 is 0.308 bits per heavy atom. The van der Waals surface area contributed by atoms with E-state index in [1.54, 1.807) is 0 Å². The number of aliphatic carboxylic acids is 1. The van der Waals surface area contributed by atoms with Crippen molar-refractivity contribution in [3.05, 3.63) is 116 Å². The first-order chi connectivity index (χ1) is 24.7. The lowest BCUT2D eigenvalue weighted by Gasteiger charge is -2.04. The first-order valence-electron chi connectivity index (χ1n) is 20.5. The topological polar surface area (TPSA) is 37.3 Å². The van der Waals surface area contributed by atoms with Crippen LogP contribution in [0.25, 0.3) is 0 Å². The third-order valence-electron chi connectivity index (χ3n) is 9.71. The van der Waals surface area contributed by atoms with Crippen LogP contribution in [0.1, 0.15) is 192 Å². The molecule has 0 fully saturated rings. The summed E-state index contributed by atoms with van der Waals surface area (Å²) in [6, 6.07) is 0. The Morgan fingerprint density at radius 3 is 0.654 bits per heavy atom. The van der Waals surface area contributed by atoms with Gasteiger partial charge in [0.2, 0.25) is 0 Å². The molecule has 0 aromatic rings. The van der Waals surface area contributed by atoms with E-state index in [0.717, 1.165) is 89.0 Å². The van der Waals surface area contributed by atoms with E-state index in [1.807, 2.05) is 6.92 Å².